The van der Waals surface area contributed by atoms with E-state index in [4.69, 9.17) is 4.84 Å². The maximum Gasteiger partial charge on any atom is 0.249 e. The number of hydrogen-bond acceptors (Lipinski definition) is 3. The predicted molar refractivity (Wildman–Crippen MR) is 63.8 cm³/mol. The number of carbonyl (C=O) groups excluding carboxylic acids is 1. The van der Waals surface area contributed by atoms with Crippen LogP contribution in [-0.2, 0) is 9.63 Å². The highest BCUT2D eigenvalue weighted by molar-refractivity contribution is 5.77. The molecule has 0 radical (unpaired) electrons. The van der Waals surface area contributed by atoms with Crippen LogP contribution in [0.1, 0.15) is 33.6 Å². The molecular weight excluding hydrogens is 204 g/mol. The molecule has 0 saturated carbocycles. The number of amides is 1. The zero-order valence-corrected chi connectivity index (χ0v) is 11.1. The molecule has 1 saturated heterocycles. The van der Waals surface area contributed by atoms with Gasteiger partial charge in [0.15, 0.2) is 0 Å². The molecule has 1 aliphatic rings. The number of hydroxylamine groups is 2. The van der Waals surface area contributed by atoms with Crippen molar-refractivity contribution >= 4 is 5.91 Å². The van der Waals surface area contributed by atoms with E-state index < -0.39 is 0 Å². The first-order valence-corrected chi connectivity index (χ1v) is 5.93. The molecule has 1 heterocycles. The molecule has 16 heavy (non-hydrogen) atoms. The summed E-state index contributed by atoms with van der Waals surface area (Å²) in [6.07, 6.45) is 1.87. The van der Waals surface area contributed by atoms with E-state index in [2.05, 4.69) is 25.7 Å². The van der Waals surface area contributed by atoms with E-state index in [1.807, 2.05) is 0 Å². The first-order valence-electron chi connectivity index (χ1n) is 5.93. The second-order valence-electron chi connectivity index (χ2n) is 5.45. The van der Waals surface area contributed by atoms with E-state index in [9.17, 15) is 4.79 Å². The molecule has 0 atom stereocenters. The van der Waals surface area contributed by atoms with Crippen LogP contribution in [0.4, 0.5) is 0 Å². The van der Waals surface area contributed by atoms with Crippen molar-refractivity contribution in [2.75, 3.05) is 27.2 Å². The Kier molecular flexibility index (Phi) is 4.33. The number of carbonyl (C=O) groups is 1. The normalized spacial score (nSPS) is 19.8. The van der Waals surface area contributed by atoms with Crippen molar-refractivity contribution in [2.24, 2.45) is 5.92 Å². The second kappa shape index (κ2) is 5.15. The maximum absolute atomic E-state index is 11.9. The lowest BCUT2D eigenvalue weighted by Gasteiger charge is -2.40. The third-order valence-corrected chi connectivity index (χ3v) is 3.38. The number of rotatable bonds is 2. The molecular formula is C12H24N2O2. The Morgan fingerprint density at radius 3 is 2.19 bits per heavy atom. The fraction of sp³-hybridized carbons (Fsp3) is 0.917. The molecule has 1 aliphatic heterocycles. The number of piperidine rings is 1. The van der Waals surface area contributed by atoms with Crippen LogP contribution in [0.15, 0.2) is 0 Å². The third-order valence-electron chi connectivity index (χ3n) is 3.38. The van der Waals surface area contributed by atoms with Crippen LogP contribution in [0, 0.1) is 5.92 Å². The summed E-state index contributed by atoms with van der Waals surface area (Å²) < 4.78 is 0. The summed E-state index contributed by atoms with van der Waals surface area (Å²) in [7, 11) is 3.21. The van der Waals surface area contributed by atoms with Crippen LogP contribution in [0.25, 0.3) is 0 Å². The smallest absolute Gasteiger partial charge is 0.249 e. The highest BCUT2D eigenvalue weighted by Crippen LogP contribution is 2.24. The van der Waals surface area contributed by atoms with Crippen LogP contribution in [0.3, 0.4) is 0 Å². The molecule has 0 N–H and O–H groups in total. The van der Waals surface area contributed by atoms with Gasteiger partial charge in [-0.2, -0.15) is 0 Å². The van der Waals surface area contributed by atoms with Gasteiger partial charge < -0.3 is 0 Å². The summed E-state index contributed by atoms with van der Waals surface area (Å²) >= 11 is 0. The zero-order chi connectivity index (χ0) is 12.3. The molecule has 0 aromatic heterocycles. The SMILES string of the molecule is CON(C)C(=O)C1CCN(C(C)(C)C)CC1. The van der Waals surface area contributed by atoms with E-state index in [-0.39, 0.29) is 17.4 Å². The quantitative estimate of drug-likeness (QED) is 0.672. The van der Waals surface area contributed by atoms with Crippen LogP contribution in [-0.4, -0.2) is 48.7 Å². The number of hydrogen-bond donors (Lipinski definition) is 0. The van der Waals surface area contributed by atoms with Gasteiger partial charge in [-0.05, 0) is 46.7 Å². The summed E-state index contributed by atoms with van der Waals surface area (Å²) in [5, 5.41) is 1.34. The van der Waals surface area contributed by atoms with Crippen molar-refractivity contribution in [1.82, 2.24) is 9.96 Å². The minimum atomic E-state index is 0.107. The van der Waals surface area contributed by atoms with Gasteiger partial charge in [-0.1, -0.05) is 0 Å². The van der Waals surface area contributed by atoms with Crippen LogP contribution < -0.4 is 0 Å². The molecule has 0 aromatic carbocycles. The minimum Gasteiger partial charge on any atom is -0.298 e. The van der Waals surface area contributed by atoms with Gasteiger partial charge >= 0.3 is 0 Å². The van der Waals surface area contributed by atoms with E-state index in [1.54, 1.807) is 7.05 Å². The van der Waals surface area contributed by atoms with Crippen molar-refractivity contribution in [2.45, 2.75) is 39.2 Å². The molecule has 0 unspecified atom stereocenters. The topological polar surface area (TPSA) is 32.8 Å². The van der Waals surface area contributed by atoms with Gasteiger partial charge in [0.2, 0.25) is 5.91 Å². The van der Waals surface area contributed by atoms with Crippen molar-refractivity contribution in [3.05, 3.63) is 0 Å². The second-order valence-corrected chi connectivity index (χ2v) is 5.45. The average molecular weight is 228 g/mol. The van der Waals surface area contributed by atoms with Gasteiger partial charge in [0.1, 0.15) is 0 Å². The van der Waals surface area contributed by atoms with Gasteiger partial charge in [0, 0.05) is 18.5 Å². The lowest BCUT2D eigenvalue weighted by molar-refractivity contribution is -0.175. The molecule has 1 fully saturated rings. The van der Waals surface area contributed by atoms with E-state index >= 15 is 0 Å². The van der Waals surface area contributed by atoms with Crippen molar-refractivity contribution < 1.29 is 9.63 Å². The minimum absolute atomic E-state index is 0.107. The molecule has 1 amide bonds. The lowest BCUT2D eigenvalue weighted by atomic mass is 9.92. The van der Waals surface area contributed by atoms with E-state index in [0.29, 0.717) is 0 Å². The van der Waals surface area contributed by atoms with Crippen molar-refractivity contribution in [1.29, 1.82) is 0 Å². The summed E-state index contributed by atoms with van der Waals surface area (Å²) in [5.41, 5.74) is 0.209. The highest BCUT2D eigenvalue weighted by atomic mass is 16.7. The van der Waals surface area contributed by atoms with E-state index in [1.165, 1.54) is 12.2 Å². The Hall–Kier alpha value is -0.610. The van der Waals surface area contributed by atoms with Gasteiger partial charge in [-0.25, -0.2) is 5.06 Å². The third kappa shape index (κ3) is 3.19. The van der Waals surface area contributed by atoms with Gasteiger partial charge in [0.05, 0.1) is 7.11 Å². The summed E-state index contributed by atoms with van der Waals surface area (Å²) in [4.78, 5) is 19.2. The molecule has 1 rings (SSSR count). The first-order chi connectivity index (χ1) is 7.36. The summed E-state index contributed by atoms with van der Waals surface area (Å²) in [6.45, 7) is 8.65. The lowest BCUT2D eigenvalue weighted by Crippen LogP contribution is -2.48. The fourth-order valence-electron chi connectivity index (χ4n) is 2.14. The molecule has 0 spiro atoms. The molecule has 94 valence electrons. The number of nitrogens with zero attached hydrogens (tertiary/aromatic N) is 2. The zero-order valence-electron chi connectivity index (χ0n) is 11.1. The highest BCUT2D eigenvalue weighted by Gasteiger charge is 2.31. The molecule has 4 nitrogen and oxygen atoms in total. The monoisotopic (exact) mass is 228 g/mol. The molecule has 0 aliphatic carbocycles. The van der Waals surface area contributed by atoms with Crippen LogP contribution >= 0.6 is 0 Å². The standard InChI is InChI=1S/C12H24N2O2/c1-12(2,3)14-8-6-10(7-9-14)11(15)13(4)16-5/h10H,6-9H2,1-5H3. The van der Waals surface area contributed by atoms with Gasteiger partial charge in [-0.15, -0.1) is 0 Å². The Morgan fingerprint density at radius 2 is 1.81 bits per heavy atom. The maximum atomic E-state index is 11.9. The van der Waals surface area contributed by atoms with Crippen molar-refractivity contribution in [3.8, 4) is 0 Å². The van der Waals surface area contributed by atoms with Gasteiger partial charge in [0.25, 0.3) is 0 Å². The Balaban J connectivity index is 2.46. The van der Waals surface area contributed by atoms with E-state index in [0.717, 1.165) is 25.9 Å². The summed E-state index contributed by atoms with van der Waals surface area (Å²) in [6, 6.07) is 0. The van der Waals surface area contributed by atoms with Crippen molar-refractivity contribution in [3.63, 3.8) is 0 Å². The largest absolute Gasteiger partial charge is 0.298 e. The van der Waals surface area contributed by atoms with Crippen LogP contribution in [0.2, 0.25) is 0 Å². The Labute approximate surface area is 98.5 Å². The number of likely N-dealkylation sites (tertiary alicyclic amines) is 1. The molecule has 0 aromatic rings. The predicted octanol–water partition coefficient (Wildman–Crippen LogP) is 1.52. The Bertz CT molecular complexity index is 240. The van der Waals surface area contributed by atoms with Crippen LogP contribution in [0.5, 0.6) is 0 Å². The first kappa shape index (κ1) is 13.5. The summed E-state index contributed by atoms with van der Waals surface area (Å²) in [5.74, 6) is 0.236. The molecule has 0 bridgehead atoms. The Morgan fingerprint density at radius 1 is 1.31 bits per heavy atom. The van der Waals surface area contributed by atoms with Gasteiger partial charge in [-0.3, -0.25) is 14.5 Å². The average Bonchev–Trinajstić information content (AvgIpc) is 2.26. The molecule has 4 heteroatoms. The fourth-order valence-corrected chi connectivity index (χ4v) is 2.14.